The molecular formula is C18H22N4O3. The molecule has 1 aromatic heterocycles. The van der Waals surface area contributed by atoms with E-state index in [0.717, 1.165) is 18.9 Å². The van der Waals surface area contributed by atoms with E-state index in [1.54, 1.807) is 13.1 Å². The van der Waals surface area contributed by atoms with Crippen molar-refractivity contribution >= 4 is 11.7 Å². The Morgan fingerprint density at radius 3 is 2.80 bits per heavy atom. The summed E-state index contributed by atoms with van der Waals surface area (Å²) in [5.41, 5.74) is 0. The maximum atomic E-state index is 12.2. The maximum Gasteiger partial charge on any atom is 0.261 e. The third kappa shape index (κ3) is 4.90. The predicted molar refractivity (Wildman–Crippen MR) is 93.4 cm³/mol. The number of nitrogens with zero attached hydrogens (tertiary/aromatic N) is 3. The van der Waals surface area contributed by atoms with Crippen LogP contribution in [0.3, 0.4) is 0 Å². The van der Waals surface area contributed by atoms with Crippen molar-refractivity contribution in [2.24, 2.45) is 0 Å². The number of carbonyl (C=O) groups excluding carboxylic acids is 1. The molecule has 1 aliphatic heterocycles. The van der Waals surface area contributed by atoms with Gasteiger partial charge in [0.25, 0.3) is 5.91 Å². The van der Waals surface area contributed by atoms with Crippen LogP contribution in [0.25, 0.3) is 0 Å². The van der Waals surface area contributed by atoms with Crippen molar-refractivity contribution in [2.45, 2.75) is 19.6 Å². The summed E-state index contributed by atoms with van der Waals surface area (Å²) in [6.07, 6.45) is 1.12. The molecule has 1 atom stereocenters. The molecule has 1 fully saturated rings. The van der Waals surface area contributed by atoms with Gasteiger partial charge in [-0.25, -0.2) is 9.97 Å². The maximum absolute atomic E-state index is 12.2. The average molecular weight is 342 g/mol. The van der Waals surface area contributed by atoms with Crippen molar-refractivity contribution in [1.82, 2.24) is 15.3 Å². The zero-order valence-electron chi connectivity index (χ0n) is 14.2. The molecule has 3 rings (SSSR count). The van der Waals surface area contributed by atoms with Gasteiger partial charge in [-0.2, -0.15) is 0 Å². The Morgan fingerprint density at radius 1 is 1.28 bits per heavy atom. The monoisotopic (exact) mass is 342 g/mol. The topological polar surface area (TPSA) is 76.6 Å². The molecule has 1 N–H and O–H groups in total. The van der Waals surface area contributed by atoms with E-state index >= 15 is 0 Å². The van der Waals surface area contributed by atoms with Crippen molar-refractivity contribution in [2.75, 3.05) is 31.2 Å². The van der Waals surface area contributed by atoms with Gasteiger partial charge in [-0.05, 0) is 25.1 Å². The van der Waals surface area contributed by atoms with Gasteiger partial charge in [0.1, 0.15) is 17.4 Å². The van der Waals surface area contributed by atoms with Crippen LogP contribution >= 0.6 is 0 Å². The van der Waals surface area contributed by atoms with Crippen LogP contribution in [0.4, 0.5) is 5.82 Å². The van der Waals surface area contributed by atoms with Crippen LogP contribution < -0.4 is 15.0 Å². The highest BCUT2D eigenvalue weighted by atomic mass is 16.5. The van der Waals surface area contributed by atoms with E-state index in [0.29, 0.717) is 24.8 Å². The van der Waals surface area contributed by atoms with E-state index in [1.807, 2.05) is 36.4 Å². The quantitative estimate of drug-likeness (QED) is 0.855. The van der Waals surface area contributed by atoms with Gasteiger partial charge in [0.15, 0.2) is 6.10 Å². The summed E-state index contributed by atoms with van der Waals surface area (Å²) in [6, 6.07) is 11.1. The molecule has 0 spiro atoms. The zero-order valence-corrected chi connectivity index (χ0v) is 14.2. The van der Waals surface area contributed by atoms with E-state index in [9.17, 15) is 4.79 Å². The summed E-state index contributed by atoms with van der Waals surface area (Å²) in [5.74, 6) is 1.89. The highest BCUT2D eigenvalue weighted by Crippen LogP contribution is 2.12. The molecule has 25 heavy (non-hydrogen) atoms. The Morgan fingerprint density at radius 2 is 2.04 bits per heavy atom. The molecule has 2 heterocycles. The fourth-order valence-corrected chi connectivity index (χ4v) is 2.51. The molecule has 1 saturated heterocycles. The minimum Gasteiger partial charge on any atom is -0.481 e. The molecule has 0 aliphatic carbocycles. The second-order valence-corrected chi connectivity index (χ2v) is 5.72. The first-order valence-electron chi connectivity index (χ1n) is 8.36. The van der Waals surface area contributed by atoms with E-state index in [1.165, 1.54) is 0 Å². The predicted octanol–water partition coefficient (Wildman–Crippen LogP) is 1.40. The average Bonchev–Trinajstić information content (AvgIpc) is 2.68. The highest BCUT2D eigenvalue weighted by molar-refractivity contribution is 5.80. The number of amides is 1. The first-order valence-corrected chi connectivity index (χ1v) is 8.36. The Bertz CT molecular complexity index is 690. The van der Waals surface area contributed by atoms with Crippen molar-refractivity contribution in [3.8, 4) is 5.75 Å². The number of para-hydroxylation sites is 1. The van der Waals surface area contributed by atoms with Crippen LogP contribution in [0, 0.1) is 0 Å². The van der Waals surface area contributed by atoms with Crippen LogP contribution in [0.5, 0.6) is 5.75 Å². The summed E-state index contributed by atoms with van der Waals surface area (Å²) in [5, 5.41) is 2.82. The highest BCUT2D eigenvalue weighted by Gasteiger charge is 2.16. The van der Waals surface area contributed by atoms with Gasteiger partial charge in [0.2, 0.25) is 0 Å². The third-order valence-corrected chi connectivity index (χ3v) is 3.87. The Balaban J connectivity index is 1.53. The number of hydrogen-bond donors (Lipinski definition) is 1. The van der Waals surface area contributed by atoms with Crippen LogP contribution in [-0.2, 0) is 16.1 Å². The van der Waals surface area contributed by atoms with Crippen molar-refractivity contribution in [3.05, 3.63) is 48.4 Å². The second kappa shape index (κ2) is 8.43. The lowest BCUT2D eigenvalue weighted by Gasteiger charge is -2.27. The van der Waals surface area contributed by atoms with Gasteiger partial charge in [-0.15, -0.1) is 0 Å². The molecule has 0 bridgehead atoms. The van der Waals surface area contributed by atoms with Gasteiger partial charge in [0, 0.05) is 19.3 Å². The summed E-state index contributed by atoms with van der Waals surface area (Å²) >= 11 is 0. The van der Waals surface area contributed by atoms with Crippen LogP contribution in [0.1, 0.15) is 12.7 Å². The number of benzene rings is 1. The molecule has 7 nitrogen and oxygen atoms in total. The normalized spacial score (nSPS) is 15.5. The molecule has 1 aliphatic rings. The molecule has 1 aromatic carbocycles. The van der Waals surface area contributed by atoms with Crippen LogP contribution in [0.2, 0.25) is 0 Å². The molecule has 7 heteroatoms. The first kappa shape index (κ1) is 17.2. The molecule has 132 valence electrons. The Kier molecular flexibility index (Phi) is 5.79. The Labute approximate surface area is 147 Å². The fourth-order valence-electron chi connectivity index (χ4n) is 2.51. The van der Waals surface area contributed by atoms with E-state index in [2.05, 4.69) is 20.2 Å². The second-order valence-electron chi connectivity index (χ2n) is 5.72. The molecule has 2 aromatic rings. The number of rotatable bonds is 6. The fraction of sp³-hybridized carbons (Fsp3) is 0.389. The molecule has 1 unspecified atom stereocenters. The number of anilines is 1. The first-order chi connectivity index (χ1) is 12.2. The summed E-state index contributed by atoms with van der Waals surface area (Å²) < 4.78 is 11.0. The minimum absolute atomic E-state index is 0.204. The molecule has 1 amide bonds. The number of ether oxygens (including phenoxy) is 2. The zero-order chi connectivity index (χ0) is 17.5. The van der Waals surface area contributed by atoms with Gasteiger partial charge in [-0.3, -0.25) is 4.79 Å². The largest absolute Gasteiger partial charge is 0.481 e. The van der Waals surface area contributed by atoms with Crippen LogP contribution in [-0.4, -0.2) is 48.3 Å². The number of morpholine rings is 1. The molecule has 0 saturated carbocycles. The standard InChI is InChI=1S/C18H22N4O3/c1-14(25-15-5-3-2-4-6-15)18(23)20-13-16-19-8-7-17(21-16)22-9-11-24-12-10-22/h2-8,14H,9-13H2,1H3,(H,20,23). The smallest absolute Gasteiger partial charge is 0.261 e. The number of hydrogen-bond acceptors (Lipinski definition) is 6. The van der Waals surface area contributed by atoms with Crippen molar-refractivity contribution < 1.29 is 14.3 Å². The minimum atomic E-state index is -0.593. The van der Waals surface area contributed by atoms with Gasteiger partial charge in [0.05, 0.1) is 19.8 Å². The summed E-state index contributed by atoms with van der Waals surface area (Å²) in [4.78, 5) is 23.1. The molecule has 0 radical (unpaired) electrons. The number of aromatic nitrogens is 2. The summed E-state index contributed by atoms with van der Waals surface area (Å²) in [6.45, 7) is 5.00. The van der Waals surface area contributed by atoms with E-state index in [4.69, 9.17) is 9.47 Å². The molecular weight excluding hydrogens is 320 g/mol. The SMILES string of the molecule is CC(Oc1ccccc1)C(=O)NCc1nccc(N2CCOCC2)n1. The van der Waals surface area contributed by atoms with Crippen molar-refractivity contribution in [3.63, 3.8) is 0 Å². The Hall–Kier alpha value is -2.67. The van der Waals surface area contributed by atoms with Crippen LogP contribution in [0.15, 0.2) is 42.6 Å². The van der Waals surface area contributed by atoms with Crippen molar-refractivity contribution in [1.29, 1.82) is 0 Å². The van der Waals surface area contributed by atoms with E-state index < -0.39 is 6.10 Å². The van der Waals surface area contributed by atoms with Gasteiger partial charge < -0.3 is 19.7 Å². The van der Waals surface area contributed by atoms with E-state index in [-0.39, 0.29) is 12.5 Å². The lowest BCUT2D eigenvalue weighted by molar-refractivity contribution is -0.127. The third-order valence-electron chi connectivity index (χ3n) is 3.87. The van der Waals surface area contributed by atoms with Gasteiger partial charge in [-0.1, -0.05) is 18.2 Å². The number of carbonyl (C=O) groups is 1. The summed E-state index contributed by atoms with van der Waals surface area (Å²) in [7, 11) is 0. The number of nitrogens with one attached hydrogen (secondary N) is 1. The lowest BCUT2D eigenvalue weighted by atomic mass is 10.3. The van der Waals surface area contributed by atoms with Gasteiger partial charge >= 0.3 is 0 Å². The lowest BCUT2D eigenvalue weighted by Crippen LogP contribution is -2.38.